The van der Waals surface area contributed by atoms with E-state index in [9.17, 15) is 35.4 Å². The van der Waals surface area contributed by atoms with Gasteiger partial charge in [0.15, 0.2) is 28.4 Å². The number of aliphatic hydroxyl groups excluding tert-OH is 3. The monoisotopic (exact) mass is 462 g/mol. The van der Waals surface area contributed by atoms with Crippen LogP contribution in [-0.4, -0.2) is 68.5 Å². The van der Waals surface area contributed by atoms with Crippen LogP contribution in [-0.2, 0) is 4.74 Å². The summed E-state index contributed by atoms with van der Waals surface area (Å²) in [5.41, 5.74) is -0.460. The molecule has 0 radical (unpaired) electrons. The zero-order valence-corrected chi connectivity index (χ0v) is 17.5. The number of phenols is 3. The van der Waals surface area contributed by atoms with E-state index in [0.29, 0.717) is 0 Å². The highest BCUT2D eigenvalue weighted by atomic mass is 16.7. The maximum absolute atomic E-state index is 12.7. The molecule has 1 saturated heterocycles. The number of fused-ring (bicyclic) bond motifs is 1. The van der Waals surface area contributed by atoms with Crippen molar-refractivity contribution in [1.82, 2.24) is 0 Å². The first-order valence-corrected chi connectivity index (χ1v) is 9.88. The van der Waals surface area contributed by atoms with Crippen LogP contribution in [0.25, 0.3) is 22.3 Å². The fourth-order valence-electron chi connectivity index (χ4n) is 3.60. The molecule has 2 heterocycles. The smallest absolute Gasteiger partial charge is 0.229 e. The first-order chi connectivity index (χ1) is 15.6. The van der Waals surface area contributed by atoms with E-state index in [-0.39, 0.29) is 39.5 Å². The molecular weight excluding hydrogens is 440 g/mol. The van der Waals surface area contributed by atoms with Crippen LogP contribution in [0.3, 0.4) is 0 Å². The van der Waals surface area contributed by atoms with E-state index in [1.165, 1.54) is 38.3 Å². The van der Waals surface area contributed by atoms with Gasteiger partial charge in [0.05, 0.1) is 13.2 Å². The molecule has 0 bridgehead atoms. The molecule has 1 aliphatic heterocycles. The zero-order valence-electron chi connectivity index (χ0n) is 17.5. The lowest BCUT2D eigenvalue weighted by Crippen LogP contribution is -2.58. The number of ether oxygens (including phenoxy) is 3. The van der Waals surface area contributed by atoms with Gasteiger partial charge in [0.2, 0.25) is 12.0 Å². The van der Waals surface area contributed by atoms with Crippen LogP contribution in [0.2, 0.25) is 0 Å². The van der Waals surface area contributed by atoms with Gasteiger partial charge in [-0.2, -0.15) is 0 Å². The summed E-state index contributed by atoms with van der Waals surface area (Å²) in [6, 6.07) is 6.16. The van der Waals surface area contributed by atoms with Crippen molar-refractivity contribution in [3.05, 3.63) is 40.6 Å². The van der Waals surface area contributed by atoms with Gasteiger partial charge in [-0.15, -0.1) is 0 Å². The lowest BCUT2D eigenvalue weighted by atomic mass is 10.00. The van der Waals surface area contributed by atoms with Crippen LogP contribution in [0.1, 0.15) is 6.92 Å². The van der Waals surface area contributed by atoms with Gasteiger partial charge in [-0.25, -0.2) is 0 Å². The summed E-state index contributed by atoms with van der Waals surface area (Å²) < 4.78 is 21.9. The average molecular weight is 462 g/mol. The molecule has 5 atom stereocenters. The quantitative estimate of drug-likeness (QED) is 0.302. The first-order valence-electron chi connectivity index (χ1n) is 9.88. The maximum atomic E-state index is 12.7. The number of rotatable bonds is 4. The molecule has 2 aromatic carbocycles. The Morgan fingerprint density at radius 2 is 1.67 bits per heavy atom. The summed E-state index contributed by atoms with van der Waals surface area (Å²) in [7, 11) is 1.22. The van der Waals surface area contributed by atoms with Crippen LogP contribution >= 0.6 is 0 Å². The minimum absolute atomic E-state index is 0.0273. The van der Waals surface area contributed by atoms with Crippen LogP contribution in [0.4, 0.5) is 0 Å². The molecule has 6 N–H and O–H groups in total. The summed E-state index contributed by atoms with van der Waals surface area (Å²) in [6.07, 6.45) is -6.83. The van der Waals surface area contributed by atoms with Gasteiger partial charge in [0.1, 0.15) is 35.0 Å². The van der Waals surface area contributed by atoms with Gasteiger partial charge in [0, 0.05) is 17.7 Å². The van der Waals surface area contributed by atoms with E-state index in [4.69, 9.17) is 18.6 Å². The van der Waals surface area contributed by atoms with Crippen molar-refractivity contribution in [3.8, 4) is 40.1 Å². The Balaban J connectivity index is 1.81. The first kappa shape index (κ1) is 22.7. The molecule has 1 aliphatic rings. The van der Waals surface area contributed by atoms with Gasteiger partial charge in [-0.05, 0) is 25.1 Å². The van der Waals surface area contributed by atoms with Crippen molar-refractivity contribution in [2.24, 2.45) is 0 Å². The second kappa shape index (κ2) is 8.45. The number of aliphatic hydroxyl groups is 3. The Morgan fingerprint density at radius 1 is 0.939 bits per heavy atom. The summed E-state index contributed by atoms with van der Waals surface area (Å²) in [6.45, 7) is 1.48. The molecule has 0 saturated carbocycles. The van der Waals surface area contributed by atoms with Gasteiger partial charge < -0.3 is 49.3 Å². The number of methoxy groups -OCH3 is 1. The molecule has 0 spiro atoms. The number of hydrogen-bond donors (Lipinski definition) is 6. The minimum atomic E-state index is -1.63. The SMILES string of the molecule is COc1c(O[C@@H]2OC(C)[C@H](O)[C@H](O)C2O)cc2oc(-c3ccc(O)c(O)c3)cc(=O)c2c1O. The second-order valence-electron chi connectivity index (χ2n) is 7.61. The van der Waals surface area contributed by atoms with Crippen molar-refractivity contribution in [2.45, 2.75) is 37.6 Å². The standard InChI is InChI=1S/C22H22O11/c1-8-17(26)19(28)20(29)22(31-8)33-15-7-14-16(18(27)21(15)30-2)12(25)6-13(32-14)9-3-4-10(23)11(24)5-9/h3-8,17,19-20,22-24,26-29H,1-2H3/t8?,17-,19-,20?,22-/m0/s1. The van der Waals surface area contributed by atoms with E-state index in [1.807, 2.05) is 0 Å². The van der Waals surface area contributed by atoms with E-state index in [0.717, 1.165) is 6.07 Å². The Morgan fingerprint density at radius 3 is 2.33 bits per heavy atom. The van der Waals surface area contributed by atoms with Crippen molar-refractivity contribution in [3.63, 3.8) is 0 Å². The van der Waals surface area contributed by atoms with Gasteiger partial charge in [0.25, 0.3) is 0 Å². The second-order valence-corrected chi connectivity index (χ2v) is 7.61. The third-order valence-electron chi connectivity index (χ3n) is 5.43. The molecule has 3 aromatic rings. The molecular formula is C22H22O11. The zero-order chi connectivity index (χ0) is 24.0. The van der Waals surface area contributed by atoms with Crippen LogP contribution in [0, 0.1) is 0 Å². The maximum Gasteiger partial charge on any atom is 0.229 e. The Kier molecular flexibility index (Phi) is 5.80. The van der Waals surface area contributed by atoms with E-state index < -0.39 is 47.6 Å². The predicted molar refractivity (Wildman–Crippen MR) is 112 cm³/mol. The van der Waals surface area contributed by atoms with Crippen molar-refractivity contribution < 1.29 is 49.3 Å². The molecule has 176 valence electrons. The normalized spacial score (nSPS) is 25.2. The van der Waals surface area contributed by atoms with Crippen molar-refractivity contribution in [1.29, 1.82) is 0 Å². The highest BCUT2D eigenvalue weighted by Gasteiger charge is 2.43. The summed E-state index contributed by atoms with van der Waals surface area (Å²) in [5.74, 6) is -1.75. The fraction of sp³-hybridized carbons (Fsp3) is 0.318. The average Bonchev–Trinajstić information content (AvgIpc) is 2.77. The van der Waals surface area contributed by atoms with Gasteiger partial charge in [-0.3, -0.25) is 4.79 Å². The molecule has 1 fully saturated rings. The molecule has 33 heavy (non-hydrogen) atoms. The van der Waals surface area contributed by atoms with Crippen molar-refractivity contribution in [2.75, 3.05) is 7.11 Å². The third-order valence-corrected chi connectivity index (χ3v) is 5.43. The number of aromatic hydroxyl groups is 3. The van der Waals surface area contributed by atoms with Crippen LogP contribution in [0.5, 0.6) is 28.7 Å². The highest BCUT2D eigenvalue weighted by Crippen LogP contribution is 2.43. The largest absolute Gasteiger partial charge is 0.504 e. The Hall–Kier alpha value is -3.51. The van der Waals surface area contributed by atoms with E-state index in [1.54, 1.807) is 0 Å². The summed E-state index contributed by atoms with van der Waals surface area (Å²) in [5, 5.41) is 59.8. The molecule has 0 amide bonds. The predicted octanol–water partition coefficient (Wildman–Crippen LogP) is 0.792. The molecule has 1 aromatic heterocycles. The molecule has 2 unspecified atom stereocenters. The van der Waals surface area contributed by atoms with E-state index >= 15 is 0 Å². The lowest BCUT2D eigenvalue weighted by molar-refractivity contribution is -0.268. The third kappa shape index (κ3) is 3.91. The number of benzene rings is 2. The molecule has 11 nitrogen and oxygen atoms in total. The van der Waals surface area contributed by atoms with Gasteiger partial charge >= 0.3 is 0 Å². The van der Waals surface area contributed by atoms with Crippen LogP contribution < -0.4 is 14.9 Å². The lowest BCUT2D eigenvalue weighted by Gasteiger charge is -2.39. The van der Waals surface area contributed by atoms with Crippen LogP contribution in [0.15, 0.2) is 39.5 Å². The topological polar surface area (TPSA) is 179 Å². The van der Waals surface area contributed by atoms with E-state index in [2.05, 4.69) is 0 Å². The molecule has 11 heteroatoms. The Labute approximate surface area is 186 Å². The fourth-order valence-corrected chi connectivity index (χ4v) is 3.60. The Bertz CT molecular complexity index is 1250. The minimum Gasteiger partial charge on any atom is -0.504 e. The van der Waals surface area contributed by atoms with Gasteiger partial charge in [-0.1, -0.05) is 0 Å². The summed E-state index contributed by atoms with van der Waals surface area (Å²) >= 11 is 0. The molecule has 0 aliphatic carbocycles. The highest BCUT2D eigenvalue weighted by molar-refractivity contribution is 5.89. The number of phenolic OH excluding ortho intramolecular Hbond substituents is 3. The summed E-state index contributed by atoms with van der Waals surface area (Å²) in [4.78, 5) is 12.7. The molecule has 4 rings (SSSR count). The van der Waals surface area contributed by atoms with Crippen molar-refractivity contribution >= 4 is 11.0 Å². The number of hydrogen-bond acceptors (Lipinski definition) is 11.